The molecule has 3 N–H and O–H groups in total. The Morgan fingerprint density at radius 1 is 1.47 bits per heavy atom. The third kappa shape index (κ3) is 4.73. The van der Waals surface area contributed by atoms with Crippen molar-refractivity contribution >= 4 is 11.8 Å². The number of amides is 2. The van der Waals surface area contributed by atoms with Gasteiger partial charge < -0.3 is 16.0 Å². The van der Waals surface area contributed by atoms with Crippen molar-refractivity contribution in [3.05, 3.63) is 0 Å². The Hall–Kier alpha value is -1.10. The molecule has 0 saturated carbocycles. The van der Waals surface area contributed by atoms with Gasteiger partial charge in [-0.1, -0.05) is 13.8 Å². The molecule has 1 saturated heterocycles. The minimum atomic E-state index is -0.290. The van der Waals surface area contributed by atoms with Gasteiger partial charge >= 0.3 is 0 Å². The summed E-state index contributed by atoms with van der Waals surface area (Å²) in [6.45, 7) is 6.20. The Balaban J connectivity index is 2.19. The van der Waals surface area contributed by atoms with Crippen molar-refractivity contribution in [3.63, 3.8) is 0 Å². The van der Waals surface area contributed by atoms with Gasteiger partial charge in [-0.3, -0.25) is 9.59 Å². The van der Waals surface area contributed by atoms with Crippen LogP contribution < -0.4 is 11.1 Å². The largest absolute Gasteiger partial charge is 0.369 e. The van der Waals surface area contributed by atoms with E-state index in [1.807, 2.05) is 0 Å². The van der Waals surface area contributed by atoms with E-state index in [9.17, 15) is 9.59 Å². The minimum absolute atomic E-state index is 0.138. The molecule has 2 amide bonds. The van der Waals surface area contributed by atoms with Crippen molar-refractivity contribution in [1.29, 1.82) is 0 Å². The SMILES string of the molecule is CC(C)NCCCC(=O)N1CCC(C(N)=O)C1. The van der Waals surface area contributed by atoms with Crippen LogP contribution in [0, 0.1) is 5.92 Å². The maximum Gasteiger partial charge on any atom is 0.222 e. The van der Waals surface area contributed by atoms with E-state index in [1.165, 1.54) is 0 Å². The standard InChI is InChI=1S/C12H23N3O2/c1-9(2)14-6-3-4-11(16)15-7-5-10(8-15)12(13)17/h9-10,14H,3-8H2,1-2H3,(H2,13,17). The summed E-state index contributed by atoms with van der Waals surface area (Å²) in [5.41, 5.74) is 5.23. The van der Waals surface area contributed by atoms with Gasteiger partial charge in [0.1, 0.15) is 0 Å². The van der Waals surface area contributed by atoms with Gasteiger partial charge in [-0.25, -0.2) is 0 Å². The molecule has 5 nitrogen and oxygen atoms in total. The molecule has 1 rings (SSSR count). The van der Waals surface area contributed by atoms with Gasteiger partial charge in [-0.15, -0.1) is 0 Å². The highest BCUT2D eigenvalue weighted by atomic mass is 16.2. The van der Waals surface area contributed by atoms with E-state index in [-0.39, 0.29) is 17.7 Å². The van der Waals surface area contributed by atoms with E-state index < -0.39 is 0 Å². The zero-order chi connectivity index (χ0) is 12.8. The molecule has 1 aliphatic rings. The summed E-state index contributed by atoms with van der Waals surface area (Å²) in [6, 6.07) is 0.455. The fourth-order valence-corrected chi connectivity index (χ4v) is 2.01. The lowest BCUT2D eigenvalue weighted by atomic mass is 10.1. The highest BCUT2D eigenvalue weighted by Crippen LogP contribution is 2.16. The molecule has 0 bridgehead atoms. The summed E-state index contributed by atoms with van der Waals surface area (Å²) in [5, 5.41) is 3.27. The number of carbonyl (C=O) groups excluding carboxylic acids is 2. The summed E-state index contributed by atoms with van der Waals surface area (Å²) in [6.07, 6.45) is 2.10. The zero-order valence-electron chi connectivity index (χ0n) is 10.7. The van der Waals surface area contributed by atoms with Gasteiger partial charge in [-0.05, 0) is 19.4 Å². The first-order chi connectivity index (χ1) is 8.00. The maximum atomic E-state index is 11.8. The van der Waals surface area contributed by atoms with Crippen molar-refractivity contribution in [2.24, 2.45) is 11.7 Å². The van der Waals surface area contributed by atoms with Crippen LogP contribution in [0.5, 0.6) is 0 Å². The second-order valence-corrected chi connectivity index (χ2v) is 4.94. The lowest BCUT2D eigenvalue weighted by molar-refractivity contribution is -0.130. The van der Waals surface area contributed by atoms with Crippen LogP contribution in [-0.2, 0) is 9.59 Å². The smallest absolute Gasteiger partial charge is 0.222 e. The second kappa shape index (κ2) is 6.59. The number of nitrogens with two attached hydrogens (primary N) is 1. The minimum Gasteiger partial charge on any atom is -0.369 e. The number of nitrogens with one attached hydrogen (secondary N) is 1. The number of nitrogens with zero attached hydrogens (tertiary/aromatic N) is 1. The number of carbonyl (C=O) groups is 2. The Bertz CT molecular complexity index is 279. The fourth-order valence-electron chi connectivity index (χ4n) is 2.01. The fraction of sp³-hybridized carbons (Fsp3) is 0.833. The normalized spacial score (nSPS) is 19.9. The molecule has 0 aromatic carbocycles. The summed E-state index contributed by atoms with van der Waals surface area (Å²) >= 11 is 0. The first-order valence-corrected chi connectivity index (χ1v) is 6.31. The number of rotatable bonds is 6. The van der Waals surface area contributed by atoms with Gasteiger partial charge in [0.15, 0.2) is 0 Å². The van der Waals surface area contributed by atoms with Gasteiger partial charge in [0.25, 0.3) is 0 Å². The van der Waals surface area contributed by atoms with Crippen molar-refractivity contribution in [1.82, 2.24) is 10.2 Å². The van der Waals surface area contributed by atoms with Crippen molar-refractivity contribution in [3.8, 4) is 0 Å². The summed E-state index contributed by atoms with van der Waals surface area (Å²) < 4.78 is 0. The molecule has 98 valence electrons. The van der Waals surface area contributed by atoms with E-state index >= 15 is 0 Å². The molecule has 0 aromatic rings. The van der Waals surface area contributed by atoms with E-state index in [0.29, 0.717) is 32.0 Å². The first-order valence-electron chi connectivity index (χ1n) is 6.31. The molecular formula is C12H23N3O2. The second-order valence-electron chi connectivity index (χ2n) is 4.94. The molecule has 0 aromatic heterocycles. The average molecular weight is 241 g/mol. The third-order valence-corrected chi connectivity index (χ3v) is 3.06. The van der Waals surface area contributed by atoms with E-state index in [0.717, 1.165) is 13.0 Å². The zero-order valence-corrected chi connectivity index (χ0v) is 10.7. The Labute approximate surface area is 103 Å². The lowest BCUT2D eigenvalue weighted by Gasteiger charge is -2.16. The number of likely N-dealkylation sites (tertiary alicyclic amines) is 1. The van der Waals surface area contributed by atoms with Crippen LogP contribution in [0.25, 0.3) is 0 Å². The molecule has 0 spiro atoms. The Morgan fingerprint density at radius 2 is 2.18 bits per heavy atom. The quantitative estimate of drug-likeness (QED) is 0.648. The predicted octanol–water partition coefficient (Wildman–Crippen LogP) is 0.0984. The topological polar surface area (TPSA) is 75.4 Å². The molecular weight excluding hydrogens is 218 g/mol. The molecule has 5 heteroatoms. The van der Waals surface area contributed by atoms with E-state index in [1.54, 1.807) is 4.90 Å². The number of hydrogen-bond donors (Lipinski definition) is 2. The highest BCUT2D eigenvalue weighted by Gasteiger charge is 2.28. The molecule has 1 aliphatic heterocycles. The van der Waals surface area contributed by atoms with Gasteiger partial charge in [-0.2, -0.15) is 0 Å². The van der Waals surface area contributed by atoms with Crippen LogP contribution >= 0.6 is 0 Å². The van der Waals surface area contributed by atoms with Crippen LogP contribution in [-0.4, -0.2) is 42.4 Å². The van der Waals surface area contributed by atoms with Crippen LogP contribution in [0.1, 0.15) is 33.1 Å². The van der Waals surface area contributed by atoms with Gasteiger partial charge in [0.2, 0.25) is 11.8 Å². The number of hydrogen-bond acceptors (Lipinski definition) is 3. The first kappa shape index (κ1) is 14.0. The maximum absolute atomic E-state index is 11.8. The highest BCUT2D eigenvalue weighted by molar-refractivity contribution is 5.81. The molecule has 0 radical (unpaired) electrons. The molecule has 1 unspecified atom stereocenters. The molecule has 1 heterocycles. The van der Waals surface area contributed by atoms with Crippen LogP contribution in [0.2, 0.25) is 0 Å². The van der Waals surface area contributed by atoms with Crippen molar-refractivity contribution in [2.75, 3.05) is 19.6 Å². The average Bonchev–Trinajstić information content (AvgIpc) is 2.73. The molecule has 17 heavy (non-hydrogen) atoms. The van der Waals surface area contributed by atoms with E-state index in [4.69, 9.17) is 5.73 Å². The van der Waals surface area contributed by atoms with Crippen molar-refractivity contribution in [2.45, 2.75) is 39.2 Å². The van der Waals surface area contributed by atoms with Crippen LogP contribution in [0.4, 0.5) is 0 Å². The van der Waals surface area contributed by atoms with Crippen LogP contribution in [0.3, 0.4) is 0 Å². The number of primary amides is 1. The van der Waals surface area contributed by atoms with Gasteiger partial charge in [0, 0.05) is 25.6 Å². The summed E-state index contributed by atoms with van der Waals surface area (Å²) in [4.78, 5) is 24.5. The summed E-state index contributed by atoms with van der Waals surface area (Å²) in [7, 11) is 0. The Morgan fingerprint density at radius 3 is 2.71 bits per heavy atom. The molecule has 0 aliphatic carbocycles. The van der Waals surface area contributed by atoms with Gasteiger partial charge in [0.05, 0.1) is 5.92 Å². The monoisotopic (exact) mass is 241 g/mol. The molecule has 1 atom stereocenters. The predicted molar refractivity (Wildman–Crippen MR) is 66.3 cm³/mol. The van der Waals surface area contributed by atoms with Crippen molar-refractivity contribution < 1.29 is 9.59 Å². The Kier molecular flexibility index (Phi) is 5.41. The van der Waals surface area contributed by atoms with E-state index in [2.05, 4.69) is 19.2 Å². The lowest BCUT2D eigenvalue weighted by Crippen LogP contribution is -2.32. The van der Waals surface area contributed by atoms with Crippen LogP contribution in [0.15, 0.2) is 0 Å². The molecule has 1 fully saturated rings. The third-order valence-electron chi connectivity index (χ3n) is 3.06. The summed E-state index contributed by atoms with van der Waals surface area (Å²) in [5.74, 6) is -0.297.